The fraction of sp³-hybridized carbons (Fsp3) is 0.267. The zero-order valence-electron chi connectivity index (χ0n) is 12.4. The lowest BCUT2D eigenvalue weighted by molar-refractivity contribution is 0.503. The fourth-order valence-corrected chi connectivity index (χ4v) is 2.59. The summed E-state index contributed by atoms with van der Waals surface area (Å²) in [5.74, 6) is 1.53. The SMILES string of the molecule is CCC(Nc1nc(N)nc(SC)n1)c1cc2ccccc2o1. The molecule has 0 bridgehead atoms. The van der Waals surface area contributed by atoms with Gasteiger partial charge >= 0.3 is 0 Å². The molecule has 0 aliphatic carbocycles. The first kappa shape index (κ1) is 14.6. The van der Waals surface area contributed by atoms with Crippen LogP contribution in [0.3, 0.4) is 0 Å². The van der Waals surface area contributed by atoms with Gasteiger partial charge in [-0.1, -0.05) is 36.9 Å². The molecule has 1 aromatic carbocycles. The number of fused-ring (bicyclic) bond motifs is 1. The smallest absolute Gasteiger partial charge is 0.229 e. The van der Waals surface area contributed by atoms with Gasteiger partial charge in [-0.15, -0.1) is 0 Å². The average Bonchev–Trinajstić information content (AvgIpc) is 2.95. The minimum Gasteiger partial charge on any atom is -0.459 e. The van der Waals surface area contributed by atoms with Crippen LogP contribution in [0.15, 0.2) is 39.9 Å². The lowest BCUT2D eigenvalue weighted by Crippen LogP contribution is -2.13. The number of nitrogens with zero attached hydrogens (tertiary/aromatic N) is 3. The first-order valence-electron chi connectivity index (χ1n) is 7.00. The molecule has 7 heteroatoms. The summed E-state index contributed by atoms with van der Waals surface area (Å²) in [5, 5.41) is 4.95. The highest BCUT2D eigenvalue weighted by Crippen LogP contribution is 2.28. The summed E-state index contributed by atoms with van der Waals surface area (Å²) in [4.78, 5) is 12.5. The topological polar surface area (TPSA) is 89.9 Å². The number of nitrogens with two attached hydrogens (primary N) is 1. The van der Waals surface area contributed by atoms with Crippen molar-refractivity contribution in [2.45, 2.75) is 24.5 Å². The van der Waals surface area contributed by atoms with Crippen molar-refractivity contribution in [3.05, 3.63) is 36.1 Å². The second kappa shape index (κ2) is 6.23. The molecule has 0 aliphatic heterocycles. The standard InChI is InChI=1S/C15H17N5OS/c1-3-10(12-8-9-6-4-5-7-11(9)21-12)17-14-18-13(16)19-15(20-14)22-2/h4-8,10H,3H2,1-2H3,(H3,16,17,18,19,20). The molecule has 3 aromatic rings. The molecule has 0 saturated heterocycles. The van der Waals surface area contributed by atoms with E-state index in [0.717, 1.165) is 23.2 Å². The Bertz CT molecular complexity index is 755. The van der Waals surface area contributed by atoms with Crippen molar-refractivity contribution in [2.24, 2.45) is 0 Å². The Balaban J connectivity index is 1.89. The predicted octanol–water partition coefficient (Wildman–Crippen LogP) is 3.49. The third-order valence-corrected chi connectivity index (χ3v) is 3.86. The number of benzene rings is 1. The first-order chi connectivity index (χ1) is 10.7. The number of thioether (sulfide) groups is 1. The maximum absolute atomic E-state index is 5.91. The van der Waals surface area contributed by atoms with E-state index in [0.29, 0.717) is 11.1 Å². The van der Waals surface area contributed by atoms with Crippen LogP contribution >= 0.6 is 11.8 Å². The van der Waals surface area contributed by atoms with Gasteiger partial charge in [0, 0.05) is 5.39 Å². The largest absolute Gasteiger partial charge is 0.459 e. The molecule has 22 heavy (non-hydrogen) atoms. The Morgan fingerprint density at radius 2 is 2.09 bits per heavy atom. The predicted molar refractivity (Wildman–Crippen MR) is 88.9 cm³/mol. The first-order valence-corrected chi connectivity index (χ1v) is 8.22. The highest BCUT2D eigenvalue weighted by molar-refractivity contribution is 7.98. The Kier molecular flexibility index (Phi) is 4.15. The lowest BCUT2D eigenvalue weighted by atomic mass is 10.1. The van der Waals surface area contributed by atoms with Crippen LogP contribution in [-0.4, -0.2) is 21.2 Å². The van der Waals surface area contributed by atoms with Gasteiger partial charge in [0.15, 0.2) is 5.16 Å². The van der Waals surface area contributed by atoms with Gasteiger partial charge in [0.25, 0.3) is 0 Å². The van der Waals surface area contributed by atoms with Crippen LogP contribution in [-0.2, 0) is 0 Å². The van der Waals surface area contributed by atoms with Crippen LogP contribution in [0, 0.1) is 0 Å². The number of nitrogen functional groups attached to an aromatic ring is 1. The van der Waals surface area contributed by atoms with Gasteiger partial charge in [-0.25, -0.2) is 0 Å². The Labute approximate surface area is 132 Å². The second-order valence-electron chi connectivity index (χ2n) is 4.80. The summed E-state index contributed by atoms with van der Waals surface area (Å²) in [7, 11) is 0. The molecule has 0 amide bonds. The maximum Gasteiger partial charge on any atom is 0.229 e. The van der Waals surface area contributed by atoms with E-state index >= 15 is 0 Å². The minimum absolute atomic E-state index is 0.0242. The highest BCUT2D eigenvalue weighted by atomic mass is 32.2. The number of furan rings is 1. The average molecular weight is 315 g/mol. The zero-order valence-corrected chi connectivity index (χ0v) is 13.2. The van der Waals surface area contributed by atoms with Crippen molar-refractivity contribution < 1.29 is 4.42 Å². The monoisotopic (exact) mass is 315 g/mol. The molecule has 114 valence electrons. The summed E-state index contributed by atoms with van der Waals surface area (Å²) in [6.07, 6.45) is 2.73. The van der Waals surface area contributed by atoms with Crippen LogP contribution in [0.1, 0.15) is 25.1 Å². The van der Waals surface area contributed by atoms with Crippen LogP contribution in [0.2, 0.25) is 0 Å². The van der Waals surface area contributed by atoms with E-state index in [9.17, 15) is 0 Å². The zero-order chi connectivity index (χ0) is 15.5. The summed E-state index contributed by atoms with van der Waals surface area (Å²) < 4.78 is 5.91. The number of aromatic nitrogens is 3. The molecule has 0 aliphatic rings. The Morgan fingerprint density at radius 3 is 2.82 bits per heavy atom. The van der Waals surface area contributed by atoms with E-state index < -0.39 is 0 Å². The minimum atomic E-state index is -0.0242. The maximum atomic E-state index is 5.91. The molecule has 1 unspecified atom stereocenters. The Morgan fingerprint density at radius 1 is 1.27 bits per heavy atom. The van der Waals surface area contributed by atoms with Gasteiger partial charge in [0.05, 0.1) is 6.04 Å². The molecule has 6 nitrogen and oxygen atoms in total. The van der Waals surface area contributed by atoms with Gasteiger partial charge in [0.1, 0.15) is 11.3 Å². The van der Waals surface area contributed by atoms with Crippen molar-refractivity contribution in [3.8, 4) is 0 Å². The second-order valence-corrected chi connectivity index (χ2v) is 5.57. The van der Waals surface area contributed by atoms with Gasteiger partial charge in [-0.3, -0.25) is 0 Å². The van der Waals surface area contributed by atoms with Gasteiger partial charge in [-0.2, -0.15) is 15.0 Å². The number of rotatable bonds is 5. The van der Waals surface area contributed by atoms with Crippen molar-refractivity contribution in [2.75, 3.05) is 17.3 Å². The van der Waals surface area contributed by atoms with Gasteiger partial charge in [-0.05, 0) is 24.8 Å². The molecule has 3 N–H and O–H groups in total. The van der Waals surface area contributed by atoms with Crippen molar-refractivity contribution in [1.29, 1.82) is 0 Å². The number of anilines is 2. The molecule has 1 atom stereocenters. The van der Waals surface area contributed by atoms with Crippen LogP contribution in [0.5, 0.6) is 0 Å². The van der Waals surface area contributed by atoms with Crippen molar-refractivity contribution >= 4 is 34.6 Å². The number of hydrogen-bond acceptors (Lipinski definition) is 7. The van der Waals surface area contributed by atoms with Gasteiger partial charge in [0.2, 0.25) is 11.9 Å². The quantitative estimate of drug-likeness (QED) is 0.696. The number of para-hydroxylation sites is 1. The third-order valence-electron chi connectivity index (χ3n) is 3.31. The van der Waals surface area contributed by atoms with E-state index in [1.54, 1.807) is 0 Å². The van der Waals surface area contributed by atoms with Crippen LogP contribution in [0.4, 0.5) is 11.9 Å². The summed E-state index contributed by atoms with van der Waals surface area (Å²) in [6.45, 7) is 2.07. The summed E-state index contributed by atoms with van der Waals surface area (Å²) >= 11 is 1.43. The molecule has 0 fully saturated rings. The van der Waals surface area contributed by atoms with E-state index in [-0.39, 0.29) is 12.0 Å². The molecule has 0 saturated carbocycles. The van der Waals surface area contributed by atoms with E-state index in [1.807, 2.05) is 36.6 Å². The van der Waals surface area contributed by atoms with E-state index in [4.69, 9.17) is 10.2 Å². The lowest BCUT2D eigenvalue weighted by Gasteiger charge is -2.14. The van der Waals surface area contributed by atoms with E-state index in [1.165, 1.54) is 11.8 Å². The fourth-order valence-electron chi connectivity index (χ4n) is 2.23. The molecule has 0 spiro atoms. The van der Waals surface area contributed by atoms with Crippen molar-refractivity contribution in [1.82, 2.24) is 15.0 Å². The Hall–Kier alpha value is -2.28. The van der Waals surface area contributed by atoms with Crippen LogP contribution in [0.25, 0.3) is 11.0 Å². The molecular weight excluding hydrogens is 298 g/mol. The van der Waals surface area contributed by atoms with Crippen LogP contribution < -0.4 is 11.1 Å². The molecule has 3 rings (SSSR count). The number of nitrogens with one attached hydrogen (secondary N) is 1. The molecular formula is C15H17N5OS. The van der Waals surface area contributed by atoms with Crippen molar-refractivity contribution in [3.63, 3.8) is 0 Å². The van der Waals surface area contributed by atoms with E-state index in [2.05, 4.69) is 27.2 Å². The van der Waals surface area contributed by atoms with Gasteiger partial charge < -0.3 is 15.5 Å². The normalized spacial score (nSPS) is 12.5. The number of hydrogen-bond donors (Lipinski definition) is 2. The molecule has 2 heterocycles. The highest BCUT2D eigenvalue weighted by Gasteiger charge is 2.16. The third kappa shape index (κ3) is 2.99. The molecule has 0 radical (unpaired) electrons. The summed E-state index contributed by atoms with van der Waals surface area (Å²) in [6, 6.07) is 9.95. The summed E-state index contributed by atoms with van der Waals surface area (Å²) in [5.41, 5.74) is 6.59. The molecule has 2 aromatic heterocycles.